The summed E-state index contributed by atoms with van der Waals surface area (Å²) in [6.07, 6.45) is 4.09. The van der Waals surface area contributed by atoms with Gasteiger partial charge in [0.05, 0.1) is 15.9 Å². The van der Waals surface area contributed by atoms with Gasteiger partial charge in [0.25, 0.3) is 0 Å². The smallest absolute Gasteiger partial charge is 0.0767 e. The Bertz CT molecular complexity index is 379. The average Bonchev–Trinajstić information content (AvgIpc) is 2.71. The third-order valence-electron chi connectivity index (χ3n) is 3.31. The van der Waals surface area contributed by atoms with Gasteiger partial charge in [-0.15, -0.1) is 0 Å². The first-order valence-corrected chi connectivity index (χ1v) is 7.96. The highest BCUT2D eigenvalue weighted by Gasteiger charge is 2.15. The lowest BCUT2D eigenvalue weighted by molar-refractivity contribution is 0.269. The number of aromatic nitrogens is 2. The second kappa shape index (κ2) is 8.72. The maximum Gasteiger partial charge on any atom is 0.0767 e. The van der Waals surface area contributed by atoms with Crippen LogP contribution in [-0.2, 0) is 19.5 Å². The standard InChI is InChI=1S/C14H26BrN3O/c1-4-12-14(15)13(18(5-2)16-12)11-17(3)9-7-6-8-10-19/h19H,4-11H2,1-3H3. The number of nitrogens with zero attached hydrogens (tertiary/aromatic N) is 3. The molecule has 0 aliphatic heterocycles. The molecule has 0 aliphatic carbocycles. The summed E-state index contributed by atoms with van der Waals surface area (Å²) in [7, 11) is 2.14. The van der Waals surface area contributed by atoms with Gasteiger partial charge in [-0.05, 0) is 62.1 Å². The molecular weight excluding hydrogens is 306 g/mol. The van der Waals surface area contributed by atoms with E-state index in [0.29, 0.717) is 6.61 Å². The van der Waals surface area contributed by atoms with E-state index in [0.717, 1.165) is 51.0 Å². The Labute approximate surface area is 124 Å². The maximum atomic E-state index is 8.77. The zero-order chi connectivity index (χ0) is 14.3. The van der Waals surface area contributed by atoms with Crippen molar-refractivity contribution in [3.8, 4) is 0 Å². The second-order valence-corrected chi connectivity index (χ2v) is 5.69. The zero-order valence-corrected chi connectivity index (χ0v) is 13.9. The number of hydrogen-bond acceptors (Lipinski definition) is 3. The number of hydrogen-bond donors (Lipinski definition) is 1. The van der Waals surface area contributed by atoms with Gasteiger partial charge in [0.2, 0.25) is 0 Å². The summed E-state index contributed by atoms with van der Waals surface area (Å²) in [5.74, 6) is 0. The molecule has 1 aromatic rings. The normalized spacial score (nSPS) is 11.5. The van der Waals surface area contributed by atoms with Gasteiger partial charge >= 0.3 is 0 Å². The Morgan fingerprint density at radius 3 is 2.58 bits per heavy atom. The van der Waals surface area contributed by atoms with Crippen LogP contribution in [0.25, 0.3) is 0 Å². The molecule has 19 heavy (non-hydrogen) atoms. The number of aliphatic hydroxyl groups is 1. The van der Waals surface area contributed by atoms with Gasteiger partial charge in [-0.2, -0.15) is 5.10 Å². The fourth-order valence-corrected chi connectivity index (χ4v) is 2.86. The van der Waals surface area contributed by atoms with E-state index in [1.807, 2.05) is 0 Å². The predicted octanol–water partition coefficient (Wildman–Crippen LogP) is 2.82. The molecule has 0 amide bonds. The van der Waals surface area contributed by atoms with Crippen molar-refractivity contribution in [1.29, 1.82) is 0 Å². The van der Waals surface area contributed by atoms with E-state index in [-0.39, 0.29) is 0 Å². The van der Waals surface area contributed by atoms with Crippen LogP contribution in [-0.4, -0.2) is 40.0 Å². The number of unbranched alkanes of at least 4 members (excludes halogenated alkanes) is 2. The molecule has 0 spiro atoms. The first-order chi connectivity index (χ1) is 9.13. The molecule has 0 aromatic carbocycles. The number of halogens is 1. The summed E-state index contributed by atoms with van der Waals surface area (Å²) >= 11 is 3.68. The van der Waals surface area contributed by atoms with Crippen LogP contribution in [0.4, 0.5) is 0 Å². The minimum Gasteiger partial charge on any atom is -0.396 e. The van der Waals surface area contributed by atoms with Crippen molar-refractivity contribution in [2.75, 3.05) is 20.2 Å². The van der Waals surface area contributed by atoms with Crippen molar-refractivity contribution < 1.29 is 5.11 Å². The lowest BCUT2D eigenvalue weighted by Crippen LogP contribution is -2.21. The molecule has 5 heteroatoms. The van der Waals surface area contributed by atoms with Gasteiger partial charge in [0.1, 0.15) is 0 Å². The highest BCUT2D eigenvalue weighted by molar-refractivity contribution is 9.10. The molecule has 1 heterocycles. The second-order valence-electron chi connectivity index (χ2n) is 4.90. The molecule has 0 aliphatic rings. The summed E-state index contributed by atoms with van der Waals surface area (Å²) in [6.45, 7) is 7.45. The average molecular weight is 332 g/mol. The SMILES string of the molecule is CCc1nn(CC)c(CN(C)CCCCCO)c1Br. The van der Waals surface area contributed by atoms with Gasteiger partial charge in [-0.3, -0.25) is 4.68 Å². The van der Waals surface area contributed by atoms with Crippen LogP contribution >= 0.6 is 15.9 Å². The molecule has 4 nitrogen and oxygen atoms in total. The number of rotatable bonds is 9. The van der Waals surface area contributed by atoms with E-state index < -0.39 is 0 Å². The molecule has 0 fully saturated rings. The summed E-state index contributed by atoms with van der Waals surface area (Å²) in [6, 6.07) is 0. The number of aryl methyl sites for hydroxylation is 2. The molecule has 1 rings (SSSR count). The van der Waals surface area contributed by atoms with Crippen LogP contribution in [0, 0.1) is 0 Å². The first-order valence-electron chi connectivity index (χ1n) is 7.17. The van der Waals surface area contributed by atoms with Crippen molar-refractivity contribution in [3.63, 3.8) is 0 Å². The van der Waals surface area contributed by atoms with Gasteiger partial charge in [-0.25, -0.2) is 0 Å². The fourth-order valence-electron chi connectivity index (χ4n) is 2.17. The van der Waals surface area contributed by atoms with Crippen molar-refractivity contribution in [2.24, 2.45) is 0 Å². The summed E-state index contributed by atoms with van der Waals surface area (Å²) in [5.41, 5.74) is 2.41. The van der Waals surface area contributed by atoms with E-state index in [1.54, 1.807) is 0 Å². The van der Waals surface area contributed by atoms with E-state index in [2.05, 4.69) is 51.5 Å². The van der Waals surface area contributed by atoms with Crippen molar-refractivity contribution in [3.05, 3.63) is 15.9 Å². The molecule has 0 unspecified atom stereocenters. The van der Waals surface area contributed by atoms with Crippen LogP contribution in [0.2, 0.25) is 0 Å². The van der Waals surface area contributed by atoms with Crippen molar-refractivity contribution in [1.82, 2.24) is 14.7 Å². The van der Waals surface area contributed by atoms with E-state index >= 15 is 0 Å². The van der Waals surface area contributed by atoms with Gasteiger partial charge in [-0.1, -0.05) is 6.92 Å². The molecule has 0 atom stereocenters. The topological polar surface area (TPSA) is 41.3 Å². The monoisotopic (exact) mass is 331 g/mol. The molecule has 1 aromatic heterocycles. The van der Waals surface area contributed by atoms with Gasteiger partial charge in [0.15, 0.2) is 0 Å². The minimum atomic E-state index is 0.303. The van der Waals surface area contributed by atoms with Crippen molar-refractivity contribution >= 4 is 15.9 Å². The molecule has 0 saturated heterocycles. The summed E-state index contributed by atoms with van der Waals surface area (Å²) in [4.78, 5) is 2.32. The quantitative estimate of drug-likeness (QED) is 0.707. The predicted molar refractivity (Wildman–Crippen MR) is 82.2 cm³/mol. The Kier molecular flexibility index (Phi) is 7.64. The third kappa shape index (κ3) is 4.89. The Balaban J connectivity index is 2.57. The lowest BCUT2D eigenvalue weighted by Gasteiger charge is -2.17. The third-order valence-corrected chi connectivity index (χ3v) is 4.23. The van der Waals surface area contributed by atoms with Gasteiger partial charge in [0, 0.05) is 19.7 Å². The number of aliphatic hydroxyl groups excluding tert-OH is 1. The molecular formula is C14H26BrN3O. The molecule has 0 radical (unpaired) electrons. The minimum absolute atomic E-state index is 0.303. The summed E-state index contributed by atoms with van der Waals surface area (Å²) < 4.78 is 3.26. The Morgan fingerprint density at radius 1 is 1.26 bits per heavy atom. The van der Waals surface area contributed by atoms with Crippen LogP contribution < -0.4 is 0 Å². The summed E-state index contributed by atoms with van der Waals surface area (Å²) in [5, 5.41) is 13.4. The van der Waals surface area contributed by atoms with Crippen LogP contribution in [0.5, 0.6) is 0 Å². The maximum absolute atomic E-state index is 8.77. The van der Waals surface area contributed by atoms with Crippen molar-refractivity contribution in [2.45, 2.75) is 52.6 Å². The highest BCUT2D eigenvalue weighted by atomic mass is 79.9. The van der Waals surface area contributed by atoms with Gasteiger partial charge < -0.3 is 10.0 Å². The molecule has 110 valence electrons. The van der Waals surface area contributed by atoms with E-state index in [1.165, 1.54) is 10.2 Å². The molecule has 0 bridgehead atoms. The van der Waals surface area contributed by atoms with Crippen LogP contribution in [0.15, 0.2) is 4.47 Å². The van der Waals surface area contributed by atoms with Crippen LogP contribution in [0.1, 0.15) is 44.5 Å². The zero-order valence-electron chi connectivity index (χ0n) is 12.3. The Morgan fingerprint density at radius 2 is 2.00 bits per heavy atom. The van der Waals surface area contributed by atoms with Crippen LogP contribution in [0.3, 0.4) is 0 Å². The van der Waals surface area contributed by atoms with E-state index in [4.69, 9.17) is 5.11 Å². The highest BCUT2D eigenvalue weighted by Crippen LogP contribution is 2.23. The largest absolute Gasteiger partial charge is 0.396 e. The lowest BCUT2D eigenvalue weighted by atomic mass is 10.2. The van der Waals surface area contributed by atoms with E-state index in [9.17, 15) is 0 Å². The molecule has 0 saturated carbocycles. The molecule has 1 N–H and O–H groups in total. The Hall–Kier alpha value is -0.390. The first kappa shape index (κ1) is 16.7. The fraction of sp³-hybridized carbons (Fsp3) is 0.786.